The van der Waals surface area contributed by atoms with E-state index < -0.39 is 16.6 Å². The zero-order valence-electron chi connectivity index (χ0n) is 13.0. The van der Waals surface area contributed by atoms with E-state index in [1.54, 1.807) is 18.6 Å². The highest BCUT2D eigenvalue weighted by Gasteiger charge is 2.34. The fourth-order valence-corrected chi connectivity index (χ4v) is 4.59. The summed E-state index contributed by atoms with van der Waals surface area (Å²) in [6.45, 7) is -0.947. The van der Waals surface area contributed by atoms with Crippen molar-refractivity contribution < 1.29 is 17.2 Å². The zero-order chi connectivity index (χ0) is 17.3. The maximum atomic E-state index is 12.8. The fraction of sp³-hybridized carbons (Fsp3) is 0.500. The SMILES string of the molecule is Cc1c(S(=O)(=O)N2CCCC(c3cnccn3)C2)cnn1C(F)F. The van der Waals surface area contributed by atoms with Gasteiger partial charge < -0.3 is 0 Å². The summed E-state index contributed by atoms with van der Waals surface area (Å²) in [5.74, 6) is -0.0623. The molecule has 1 unspecified atom stereocenters. The van der Waals surface area contributed by atoms with Crippen LogP contribution in [0.4, 0.5) is 8.78 Å². The Kier molecular flexibility index (Phi) is 4.59. The molecule has 3 heterocycles. The lowest BCUT2D eigenvalue weighted by atomic mass is 9.96. The molecule has 0 aliphatic carbocycles. The van der Waals surface area contributed by atoms with E-state index in [9.17, 15) is 17.2 Å². The Morgan fingerprint density at radius 3 is 2.71 bits per heavy atom. The summed E-state index contributed by atoms with van der Waals surface area (Å²) in [5.41, 5.74) is 0.670. The smallest absolute Gasteiger partial charge is 0.261 e. The maximum absolute atomic E-state index is 12.8. The summed E-state index contributed by atoms with van der Waals surface area (Å²) in [4.78, 5) is 8.07. The topological polar surface area (TPSA) is 81.0 Å². The van der Waals surface area contributed by atoms with Crippen LogP contribution >= 0.6 is 0 Å². The van der Waals surface area contributed by atoms with Crippen LogP contribution in [0.5, 0.6) is 0 Å². The van der Waals surface area contributed by atoms with Crippen molar-refractivity contribution in [2.45, 2.75) is 37.1 Å². The highest BCUT2D eigenvalue weighted by atomic mass is 32.2. The molecule has 2 aromatic rings. The summed E-state index contributed by atoms with van der Waals surface area (Å²) < 4.78 is 53.0. The predicted molar refractivity (Wildman–Crippen MR) is 81.0 cm³/mol. The molecule has 0 saturated carbocycles. The second kappa shape index (κ2) is 6.52. The third-order valence-corrected chi connectivity index (χ3v) is 6.16. The molecular formula is C14H17F2N5O2S. The average Bonchev–Trinajstić information content (AvgIpc) is 2.98. The van der Waals surface area contributed by atoms with E-state index in [1.165, 1.54) is 11.2 Å². The largest absolute Gasteiger partial charge is 0.333 e. The number of sulfonamides is 1. The summed E-state index contributed by atoms with van der Waals surface area (Å²) >= 11 is 0. The first kappa shape index (κ1) is 16.9. The van der Waals surface area contributed by atoms with E-state index in [2.05, 4.69) is 15.1 Å². The minimum Gasteiger partial charge on any atom is -0.261 e. The first-order valence-electron chi connectivity index (χ1n) is 7.49. The average molecular weight is 357 g/mol. The molecule has 0 N–H and O–H groups in total. The number of hydrogen-bond donors (Lipinski definition) is 0. The van der Waals surface area contributed by atoms with Gasteiger partial charge in [-0.2, -0.15) is 18.2 Å². The molecule has 1 atom stereocenters. The van der Waals surface area contributed by atoms with Gasteiger partial charge in [0, 0.05) is 37.6 Å². The van der Waals surface area contributed by atoms with Crippen LogP contribution in [-0.4, -0.2) is 45.6 Å². The van der Waals surface area contributed by atoms with Gasteiger partial charge in [-0.1, -0.05) is 0 Å². The Labute approximate surface area is 138 Å². The number of piperidine rings is 1. The van der Waals surface area contributed by atoms with Crippen molar-refractivity contribution in [3.63, 3.8) is 0 Å². The molecule has 0 amide bonds. The van der Waals surface area contributed by atoms with Crippen LogP contribution in [0, 0.1) is 6.92 Å². The summed E-state index contributed by atoms with van der Waals surface area (Å²) in [7, 11) is -3.88. The normalized spacial score (nSPS) is 19.8. The third-order valence-electron chi connectivity index (χ3n) is 4.19. The van der Waals surface area contributed by atoms with Crippen LogP contribution < -0.4 is 0 Å². The number of alkyl halides is 2. The number of rotatable bonds is 4. The summed E-state index contributed by atoms with van der Waals surface area (Å²) in [6.07, 6.45) is 7.22. The summed E-state index contributed by atoms with van der Waals surface area (Å²) in [5, 5.41) is 3.49. The highest BCUT2D eigenvalue weighted by Crippen LogP contribution is 2.30. The molecule has 0 spiro atoms. The van der Waals surface area contributed by atoms with Crippen molar-refractivity contribution in [2.75, 3.05) is 13.1 Å². The van der Waals surface area contributed by atoms with Crippen LogP contribution in [0.1, 0.15) is 36.7 Å². The number of aromatic nitrogens is 4. The third kappa shape index (κ3) is 3.03. The van der Waals surface area contributed by atoms with E-state index >= 15 is 0 Å². The number of hydrogen-bond acceptors (Lipinski definition) is 5. The van der Waals surface area contributed by atoms with Gasteiger partial charge in [0.15, 0.2) is 0 Å². The molecule has 3 rings (SSSR count). The molecule has 1 aliphatic heterocycles. The van der Waals surface area contributed by atoms with E-state index in [0.29, 0.717) is 17.6 Å². The molecule has 24 heavy (non-hydrogen) atoms. The van der Waals surface area contributed by atoms with E-state index in [4.69, 9.17) is 0 Å². The van der Waals surface area contributed by atoms with Gasteiger partial charge in [-0.25, -0.2) is 13.1 Å². The van der Waals surface area contributed by atoms with Crippen LogP contribution in [0.25, 0.3) is 0 Å². The lowest BCUT2D eigenvalue weighted by Gasteiger charge is -2.31. The Bertz CT molecular complexity index is 810. The number of nitrogens with zero attached hydrogens (tertiary/aromatic N) is 5. The van der Waals surface area contributed by atoms with Crippen molar-refractivity contribution in [3.05, 3.63) is 36.2 Å². The van der Waals surface area contributed by atoms with Crippen molar-refractivity contribution in [1.82, 2.24) is 24.1 Å². The molecule has 0 radical (unpaired) electrons. The first-order chi connectivity index (χ1) is 11.4. The monoisotopic (exact) mass is 357 g/mol. The Balaban J connectivity index is 1.87. The van der Waals surface area contributed by atoms with Gasteiger partial charge >= 0.3 is 6.55 Å². The Morgan fingerprint density at radius 1 is 1.29 bits per heavy atom. The van der Waals surface area contributed by atoms with Crippen molar-refractivity contribution in [3.8, 4) is 0 Å². The Morgan fingerprint density at radius 2 is 2.08 bits per heavy atom. The summed E-state index contributed by atoms with van der Waals surface area (Å²) in [6, 6.07) is 0. The molecule has 1 aliphatic rings. The van der Waals surface area contributed by atoms with Gasteiger partial charge in [0.1, 0.15) is 4.90 Å². The van der Waals surface area contributed by atoms with E-state index in [-0.39, 0.29) is 23.1 Å². The van der Waals surface area contributed by atoms with Crippen molar-refractivity contribution in [2.24, 2.45) is 0 Å². The lowest BCUT2D eigenvalue weighted by Crippen LogP contribution is -2.39. The molecule has 1 fully saturated rings. The minimum absolute atomic E-state index is 0.0623. The lowest BCUT2D eigenvalue weighted by molar-refractivity contribution is 0.0541. The fourth-order valence-electron chi connectivity index (χ4n) is 2.92. The quantitative estimate of drug-likeness (QED) is 0.835. The van der Waals surface area contributed by atoms with E-state index in [1.807, 2.05) is 0 Å². The first-order valence-corrected chi connectivity index (χ1v) is 8.93. The van der Waals surface area contributed by atoms with Gasteiger partial charge in [0.05, 0.1) is 17.6 Å². The zero-order valence-corrected chi connectivity index (χ0v) is 13.8. The van der Waals surface area contributed by atoms with E-state index in [0.717, 1.165) is 18.3 Å². The van der Waals surface area contributed by atoms with Crippen LogP contribution in [0.2, 0.25) is 0 Å². The predicted octanol–water partition coefficient (Wildman–Crippen LogP) is 1.94. The standard InChI is InChI=1S/C14H17F2N5O2S/c1-10-13(8-19-21(10)14(15)16)24(22,23)20-6-2-3-11(9-20)12-7-17-4-5-18-12/h4-5,7-8,11,14H,2-3,6,9H2,1H3. The number of halogens is 2. The molecular weight excluding hydrogens is 340 g/mol. The van der Waals surface area contributed by atoms with Gasteiger partial charge in [-0.15, -0.1) is 0 Å². The van der Waals surface area contributed by atoms with Crippen LogP contribution in [0.15, 0.2) is 29.7 Å². The Hall–Kier alpha value is -1.94. The van der Waals surface area contributed by atoms with Crippen LogP contribution in [-0.2, 0) is 10.0 Å². The van der Waals surface area contributed by atoms with Crippen molar-refractivity contribution in [1.29, 1.82) is 0 Å². The molecule has 7 nitrogen and oxygen atoms in total. The van der Waals surface area contributed by atoms with Crippen LogP contribution in [0.3, 0.4) is 0 Å². The van der Waals surface area contributed by atoms with Crippen molar-refractivity contribution >= 4 is 10.0 Å². The molecule has 0 bridgehead atoms. The molecule has 1 saturated heterocycles. The van der Waals surface area contributed by atoms with Gasteiger partial charge in [-0.05, 0) is 19.8 Å². The van der Waals surface area contributed by atoms with Gasteiger partial charge in [0.2, 0.25) is 10.0 Å². The maximum Gasteiger partial charge on any atom is 0.333 e. The van der Waals surface area contributed by atoms with Gasteiger partial charge in [0.25, 0.3) is 0 Å². The molecule has 130 valence electrons. The second-order valence-electron chi connectivity index (χ2n) is 5.65. The second-order valence-corrected chi connectivity index (χ2v) is 7.56. The molecule has 0 aromatic carbocycles. The molecule has 10 heteroatoms. The van der Waals surface area contributed by atoms with Gasteiger partial charge in [-0.3, -0.25) is 9.97 Å². The highest BCUT2D eigenvalue weighted by molar-refractivity contribution is 7.89. The minimum atomic E-state index is -3.88. The molecule has 2 aromatic heterocycles.